The average Bonchev–Trinajstić information content (AvgIpc) is 2.43. The van der Waals surface area contributed by atoms with Crippen molar-refractivity contribution in [2.45, 2.75) is 6.42 Å². The van der Waals surface area contributed by atoms with Crippen molar-refractivity contribution in [3.05, 3.63) is 63.2 Å². The molecule has 108 valence electrons. The first-order chi connectivity index (χ1) is 9.95. The molecule has 0 atom stereocenters. The highest BCUT2D eigenvalue weighted by molar-refractivity contribution is 6.31. The molecule has 2 aromatic carbocycles. The summed E-state index contributed by atoms with van der Waals surface area (Å²) >= 11 is 5.71. The Labute approximate surface area is 125 Å². The fraction of sp³-hybridized carbons (Fsp3) is 0.0714. The molecular formula is C14H12ClN3O3. The molecule has 0 aliphatic carbocycles. The number of halogens is 1. The van der Waals surface area contributed by atoms with E-state index in [9.17, 15) is 14.9 Å². The van der Waals surface area contributed by atoms with Crippen molar-refractivity contribution < 1.29 is 9.72 Å². The van der Waals surface area contributed by atoms with Gasteiger partial charge in [-0.3, -0.25) is 14.9 Å². The molecule has 0 aliphatic rings. The number of nitrogens with one attached hydrogen (secondary N) is 1. The molecule has 1 amide bonds. The van der Waals surface area contributed by atoms with Crippen LogP contribution < -0.4 is 11.1 Å². The second-order valence-corrected chi connectivity index (χ2v) is 4.82. The summed E-state index contributed by atoms with van der Waals surface area (Å²) in [7, 11) is 0. The van der Waals surface area contributed by atoms with Crippen LogP contribution in [0.5, 0.6) is 0 Å². The molecule has 2 aromatic rings. The van der Waals surface area contributed by atoms with Gasteiger partial charge in [0.15, 0.2) is 0 Å². The number of nitro benzene ring substituents is 1. The first kappa shape index (κ1) is 14.8. The normalized spacial score (nSPS) is 10.1. The van der Waals surface area contributed by atoms with Gasteiger partial charge in [-0.05, 0) is 29.8 Å². The maximum atomic E-state index is 11.9. The molecular weight excluding hydrogens is 294 g/mol. The van der Waals surface area contributed by atoms with Gasteiger partial charge in [0.05, 0.1) is 11.3 Å². The molecule has 3 N–H and O–H groups in total. The number of anilines is 2. The van der Waals surface area contributed by atoms with Gasteiger partial charge in [0.1, 0.15) is 5.69 Å². The zero-order valence-corrected chi connectivity index (χ0v) is 11.6. The van der Waals surface area contributed by atoms with E-state index in [0.717, 1.165) is 5.56 Å². The van der Waals surface area contributed by atoms with Crippen LogP contribution in [-0.4, -0.2) is 10.8 Å². The van der Waals surface area contributed by atoms with Crippen LogP contribution in [0.2, 0.25) is 5.02 Å². The number of hydrogen-bond acceptors (Lipinski definition) is 4. The lowest BCUT2D eigenvalue weighted by Crippen LogP contribution is -2.15. The summed E-state index contributed by atoms with van der Waals surface area (Å²) in [6.07, 6.45) is 0.0973. The summed E-state index contributed by atoms with van der Waals surface area (Å²) in [6, 6.07) is 10.9. The Bertz CT molecular complexity index is 686. The Hall–Kier alpha value is -2.60. The second-order valence-electron chi connectivity index (χ2n) is 4.39. The fourth-order valence-corrected chi connectivity index (χ4v) is 1.94. The van der Waals surface area contributed by atoms with Crippen LogP contribution in [0, 0.1) is 10.1 Å². The molecule has 6 nitrogen and oxygen atoms in total. The maximum Gasteiger partial charge on any atom is 0.294 e. The van der Waals surface area contributed by atoms with Gasteiger partial charge in [-0.2, -0.15) is 0 Å². The number of nitrogen functional groups attached to an aromatic ring is 1. The Morgan fingerprint density at radius 2 is 1.90 bits per heavy atom. The summed E-state index contributed by atoms with van der Waals surface area (Å²) in [5.41, 5.74) is 6.80. The topological polar surface area (TPSA) is 98.3 Å². The van der Waals surface area contributed by atoms with Gasteiger partial charge in [0.2, 0.25) is 5.91 Å². The Morgan fingerprint density at radius 1 is 1.24 bits per heavy atom. The number of amides is 1. The lowest BCUT2D eigenvalue weighted by atomic mass is 10.1. The summed E-state index contributed by atoms with van der Waals surface area (Å²) < 4.78 is 0. The van der Waals surface area contributed by atoms with E-state index in [1.165, 1.54) is 18.2 Å². The van der Waals surface area contributed by atoms with Crippen molar-refractivity contribution in [3.8, 4) is 0 Å². The van der Waals surface area contributed by atoms with E-state index in [-0.39, 0.29) is 28.7 Å². The number of carbonyl (C=O) groups excluding carboxylic acids is 1. The van der Waals surface area contributed by atoms with Crippen molar-refractivity contribution in [2.75, 3.05) is 11.1 Å². The molecule has 0 bridgehead atoms. The molecule has 0 spiro atoms. The van der Waals surface area contributed by atoms with Gasteiger partial charge in [0, 0.05) is 16.8 Å². The van der Waals surface area contributed by atoms with Gasteiger partial charge in [-0.15, -0.1) is 0 Å². The summed E-state index contributed by atoms with van der Waals surface area (Å²) in [6.45, 7) is 0. The average molecular weight is 306 g/mol. The molecule has 0 saturated heterocycles. The maximum absolute atomic E-state index is 11.9. The molecule has 0 fully saturated rings. The molecule has 21 heavy (non-hydrogen) atoms. The summed E-state index contributed by atoms with van der Waals surface area (Å²) in [5.74, 6) is -0.356. The van der Waals surface area contributed by atoms with Crippen molar-refractivity contribution >= 4 is 34.6 Å². The third kappa shape index (κ3) is 3.93. The predicted molar refractivity (Wildman–Crippen MR) is 81.3 cm³/mol. The summed E-state index contributed by atoms with van der Waals surface area (Å²) in [5, 5.41) is 13.7. The lowest BCUT2D eigenvalue weighted by Gasteiger charge is -2.06. The fourth-order valence-electron chi connectivity index (χ4n) is 1.78. The number of carbonyl (C=O) groups is 1. The van der Waals surface area contributed by atoms with E-state index in [2.05, 4.69) is 5.32 Å². The number of nitrogens with zero attached hydrogens (tertiary/aromatic N) is 1. The Balaban J connectivity index is 2.12. The molecule has 0 saturated carbocycles. The number of benzene rings is 2. The second kappa shape index (κ2) is 6.23. The van der Waals surface area contributed by atoms with Gasteiger partial charge < -0.3 is 11.1 Å². The van der Waals surface area contributed by atoms with Crippen molar-refractivity contribution in [3.63, 3.8) is 0 Å². The molecule has 2 rings (SSSR count). The minimum absolute atomic E-state index is 0.0973. The lowest BCUT2D eigenvalue weighted by molar-refractivity contribution is -0.383. The number of nitro groups is 1. The predicted octanol–water partition coefficient (Wildman–Crippen LogP) is 3.01. The highest BCUT2D eigenvalue weighted by atomic mass is 35.5. The summed E-state index contributed by atoms with van der Waals surface area (Å²) in [4.78, 5) is 22.3. The zero-order valence-electron chi connectivity index (χ0n) is 10.9. The van der Waals surface area contributed by atoms with E-state index in [0.29, 0.717) is 5.69 Å². The number of hydrogen-bond donors (Lipinski definition) is 2. The van der Waals surface area contributed by atoms with Gasteiger partial charge in [-0.25, -0.2) is 0 Å². The van der Waals surface area contributed by atoms with Gasteiger partial charge in [0.25, 0.3) is 5.69 Å². The molecule has 0 radical (unpaired) electrons. The van der Waals surface area contributed by atoms with Gasteiger partial charge in [-0.1, -0.05) is 23.7 Å². The van der Waals surface area contributed by atoms with E-state index < -0.39 is 4.92 Å². The van der Waals surface area contributed by atoms with Crippen LogP contribution in [0.4, 0.5) is 17.1 Å². The van der Waals surface area contributed by atoms with Crippen LogP contribution in [0.15, 0.2) is 42.5 Å². The van der Waals surface area contributed by atoms with E-state index in [1.807, 2.05) is 0 Å². The molecule has 0 aliphatic heterocycles. The minimum atomic E-state index is -0.593. The molecule has 0 heterocycles. The smallest absolute Gasteiger partial charge is 0.294 e. The van der Waals surface area contributed by atoms with Crippen molar-refractivity contribution in [1.29, 1.82) is 0 Å². The first-order valence-electron chi connectivity index (χ1n) is 6.04. The van der Waals surface area contributed by atoms with E-state index in [4.69, 9.17) is 17.3 Å². The highest BCUT2D eigenvalue weighted by Crippen LogP contribution is 2.27. The van der Waals surface area contributed by atoms with Crippen LogP contribution in [0.25, 0.3) is 0 Å². The monoisotopic (exact) mass is 305 g/mol. The first-order valence-corrected chi connectivity index (χ1v) is 6.42. The van der Waals surface area contributed by atoms with Crippen molar-refractivity contribution in [2.24, 2.45) is 0 Å². The van der Waals surface area contributed by atoms with Crippen LogP contribution in [0.3, 0.4) is 0 Å². The minimum Gasteiger partial charge on any atom is -0.399 e. The van der Waals surface area contributed by atoms with E-state index in [1.54, 1.807) is 24.3 Å². The van der Waals surface area contributed by atoms with Crippen LogP contribution in [-0.2, 0) is 11.2 Å². The molecule has 0 unspecified atom stereocenters. The molecule has 0 aromatic heterocycles. The Kier molecular flexibility index (Phi) is 4.39. The third-order valence-electron chi connectivity index (χ3n) is 2.77. The Morgan fingerprint density at radius 3 is 2.52 bits per heavy atom. The third-order valence-corrected chi connectivity index (χ3v) is 3.01. The SMILES string of the molecule is Nc1ccc(CC(=O)Nc2ccc(Cl)cc2[N+](=O)[O-])cc1. The zero-order chi connectivity index (χ0) is 15.4. The van der Waals surface area contributed by atoms with Crippen LogP contribution in [0.1, 0.15) is 5.56 Å². The van der Waals surface area contributed by atoms with E-state index >= 15 is 0 Å². The van der Waals surface area contributed by atoms with Crippen LogP contribution >= 0.6 is 11.6 Å². The van der Waals surface area contributed by atoms with Gasteiger partial charge >= 0.3 is 0 Å². The van der Waals surface area contributed by atoms with Crippen molar-refractivity contribution in [1.82, 2.24) is 0 Å². The highest BCUT2D eigenvalue weighted by Gasteiger charge is 2.16. The quantitative estimate of drug-likeness (QED) is 0.515. The number of rotatable bonds is 4. The largest absolute Gasteiger partial charge is 0.399 e. The molecule has 7 heteroatoms. The number of nitrogens with two attached hydrogens (primary N) is 1. The standard InChI is InChI=1S/C14H12ClN3O3/c15-10-3-6-12(13(8-10)18(20)21)17-14(19)7-9-1-4-11(16)5-2-9/h1-6,8H,7,16H2,(H,17,19).